The molecular weight excluding hydrogens is 391 g/mol. The topological polar surface area (TPSA) is 80.0 Å². The molecule has 1 aromatic heterocycles. The van der Waals surface area contributed by atoms with Gasteiger partial charge in [-0.05, 0) is 54.4 Å². The fraction of sp³-hybridized carbons (Fsp3) is 0.182. The van der Waals surface area contributed by atoms with Crippen molar-refractivity contribution in [1.29, 1.82) is 0 Å². The van der Waals surface area contributed by atoms with Crippen molar-refractivity contribution in [1.82, 2.24) is 15.6 Å². The molecule has 4 N–H and O–H groups in total. The minimum atomic E-state index is -0.639. The van der Waals surface area contributed by atoms with Crippen molar-refractivity contribution in [3.8, 4) is 22.3 Å². The predicted octanol–water partition coefficient (Wildman–Crippen LogP) is 3.66. The highest BCUT2D eigenvalue weighted by Crippen LogP contribution is 2.33. The van der Waals surface area contributed by atoms with Crippen LogP contribution in [0.25, 0.3) is 22.3 Å². The highest BCUT2D eigenvalue weighted by Gasteiger charge is 2.24. The van der Waals surface area contributed by atoms with Crippen LogP contribution in [-0.4, -0.2) is 30.5 Å². The van der Waals surface area contributed by atoms with Crippen molar-refractivity contribution in [2.75, 3.05) is 19.3 Å². The second-order valence-corrected chi connectivity index (χ2v) is 7.51. The van der Waals surface area contributed by atoms with Crippen LogP contribution in [0.1, 0.15) is 15.9 Å². The fourth-order valence-corrected chi connectivity index (χ4v) is 3.79. The molecule has 3 aromatic rings. The van der Waals surface area contributed by atoms with Crippen LogP contribution >= 0.6 is 11.6 Å². The molecule has 0 aliphatic carbocycles. The van der Waals surface area contributed by atoms with Gasteiger partial charge in [0, 0.05) is 34.3 Å². The molecule has 0 radical (unpaired) electrons. The van der Waals surface area contributed by atoms with Crippen molar-refractivity contribution in [3.05, 3.63) is 70.6 Å². The van der Waals surface area contributed by atoms with E-state index in [0.29, 0.717) is 40.2 Å². The second kappa shape index (κ2) is 7.81. The third-order valence-corrected chi connectivity index (χ3v) is 5.33. The van der Waals surface area contributed by atoms with Crippen LogP contribution in [-0.2, 0) is 6.42 Å². The van der Waals surface area contributed by atoms with Gasteiger partial charge in [0.2, 0.25) is 5.95 Å². The monoisotopic (exact) mass is 410 g/mol. The summed E-state index contributed by atoms with van der Waals surface area (Å²) in [5.41, 5.74) is 10.0. The molecule has 1 aliphatic heterocycles. The molecule has 0 fully saturated rings. The first-order valence-corrected chi connectivity index (χ1v) is 9.64. The fourth-order valence-electron chi connectivity index (χ4n) is 3.67. The molecule has 2 aromatic carbocycles. The number of amides is 1. The van der Waals surface area contributed by atoms with Gasteiger partial charge in [-0.15, -0.1) is 0 Å². The smallest absolute Gasteiger partial charge is 0.251 e. The number of aromatic nitrogens is 1. The van der Waals surface area contributed by atoms with Crippen LogP contribution < -0.4 is 16.4 Å². The Balaban J connectivity index is 1.77. The number of nitrogens with zero attached hydrogens (tertiary/aromatic N) is 1. The van der Waals surface area contributed by atoms with Gasteiger partial charge in [-0.1, -0.05) is 35.9 Å². The quantitative estimate of drug-likeness (QED) is 0.573. The Kier molecular flexibility index (Phi) is 5.22. The van der Waals surface area contributed by atoms with Crippen molar-refractivity contribution in [2.45, 2.75) is 12.5 Å². The summed E-state index contributed by atoms with van der Waals surface area (Å²) < 4.78 is 14.5. The van der Waals surface area contributed by atoms with E-state index in [0.717, 1.165) is 11.1 Å². The Morgan fingerprint density at radius 2 is 1.86 bits per heavy atom. The molecule has 1 unspecified atom stereocenters. The molecule has 4 rings (SSSR count). The van der Waals surface area contributed by atoms with Crippen molar-refractivity contribution in [3.63, 3.8) is 0 Å². The molecule has 0 saturated carbocycles. The van der Waals surface area contributed by atoms with Crippen molar-refractivity contribution < 1.29 is 9.18 Å². The summed E-state index contributed by atoms with van der Waals surface area (Å²) in [5, 5.41) is 6.64. The number of nitrogens with two attached hydrogens (primary N) is 1. The van der Waals surface area contributed by atoms with E-state index in [1.807, 2.05) is 19.2 Å². The van der Waals surface area contributed by atoms with Crippen LogP contribution in [0.5, 0.6) is 0 Å². The van der Waals surface area contributed by atoms with E-state index in [-0.39, 0.29) is 17.8 Å². The van der Waals surface area contributed by atoms with E-state index in [1.165, 1.54) is 0 Å². The Hall–Kier alpha value is -2.96. The highest BCUT2D eigenvalue weighted by atomic mass is 35.5. The zero-order valence-electron chi connectivity index (χ0n) is 15.8. The molecule has 2 heterocycles. The van der Waals surface area contributed by atoms with Crippen LogP contribution in [0.15, 0.2) is 48.5 Å². The largest absolute Gasteiger partial charge is 0.383 e. The lowest BCUT2D eigenvalue weighted by atomic mass is 9.91. The van der Waals surface area contributed by atoms with Gasteiger partial charge < -0.3 is 16.4 Å². The zero-order valence-corrected chi connectivity index (χ0v) is 16.6. The summed E-state index contributed by atoms with van der Waals surface area (Å²) in [4.78, 5) is 16.3. The van der Waals surface area contributed by atoms with Gasteiger partial charge in [0.15, 0.2) is 0 Å². The lowest BCUT2D eigenvalue weighted by Gasteiger charge is -2.26. The van der Waals surface area contributed by atoms with Crippen LogP contribution in [0, 0.1) is 5.95 Å². The van der Waals surface area contributed by atoms with E-state index in [1.54, 1.807) is 36.4 Å². The first-order chi connectivity index (χ1) is 14.0. The maximum atomic E-state index is 14.5. The number of carbonyl (C=O) groups is 1. The molecule has 29 heavy (non-hydrogen) atoms. The first kappa shape index (κ1) is 19.4. The average Bonchev–Trinajstić information content (AvgIpc) is 2.69. The molecular formula is C22H20ClFN4O. The number of nitrogens with one attached hydrogen (secondary N) is 2. The van der Waals surface area contributed by atoms with Crippen LogP contribution in [0.3, 0.4) is 0 Å². The van der Waals surface area contributed by atoms with Crippen LogP contribution in [0.2, 0.25) is 5.02 Å². The first-order valence-electron chi connectivity index (χ1n) is 9.27. The number of likely N-dealkylation sites (N-methyl/N-ethyl adjacent to an activating group) is 1. The van der Waals surface area contributed by atoms with E-state index in [2.05, 4.69) is 15.6 Å². The van der Waals surface area contributed by atoms with E-state index < -0.39 is 5.95 Å². The predicted molar refractivity (Wildman–Crippen MR) is 113 cm³/mol. The molecule has 0 saturated heterocycles. The number of halogens is 2. The van der Waals surface area contributed by atoms with Gasteiger partial charge in [-0.3, -0.25) is 4.79 Å². The van der Waals surface area contributed by atoms with Gasteiger partial charge in [0.25, 0.3) is 5.91 Å². The number of nitrogen functional groups attached to an aromatic ring is 1. The number of anilines is 1. The molecule has 5 nitrogen and oxygen atoms in total. The molecule has 0 spiro atoms. The maximum Gasteiger partial charge on any atom is 0.251 e. The minimum Gasteiger partial charge on any atom is -0.383 e. The normalized spacial score (nSPS) is 15.7. The van der Waals surface area contributed by atoms with Crippen LogP contribution in [0.4, 0.5) is 10.2 Å². The minimum absolute atomic E-state index is 0.0172. The van der Waals surface area contributed by atoms with Crippen molar-refractivity contribution >= 4 is 23.3 Å². The summed E-state index contributed by atoms with van der Waals surface area (Å²) in [7, 11) is 1.85. The number of carbonyl (C=O) groups excluding carboxylic acids is 1. The summed E-state index contributed by atoms with van der Waals surface area (Å²) in [6, 6.07) is 14.1. The summed E-state index contributed by atoms with van der Waals surface area (Å²) in [6.07, 6.45) is 0.703. The standard InChI is InChI=1S/C22H20ClFN4O/c1-26-11-16-9-14-8-13(4-7-17(14)22(29)27-16)19-10-18(20(24)28-21(19)25)12-2-5-15(23)6-3-12/h2-8,10,16,26H,9,11H2,1H3,(H2,25,28)(H,27,29). The Bertz CT molecular complexity index is 1080. The number of rotatable bonds is 4. The lowest BCUT2D eigenvalue weighted by Crippen LogP contribution is -2.46. The van der Waals surface area contributed by atoms with E-state index >= 15 is 0 Å². The van der Waals surface area contributed by atoms with Gasteiger partial charge in [-0.25, -0.2) is 4.98 Å². The number of hydrogen-bond acceptors (Lipinski definition) is 4. The molecule has 148 valence electrons. The van der Waals surface area contributed by atoms with Gasteiger partial charge >= 0.3 is 0 Å². The molecule has 1 amide bonds. The second-order valence-electron chi connectivity index (χ2n) is 7.07. The van der Waals surface area contributed by atoms with Gasteiger partial charge in [0.05, 0.1) is 0 Å². The number of hydrogen-bond donors (Lipinski definition) is 3. The number of benzene rings is 2. The Morgan fingerprint density at radius 1 is 1.14 bits per heavy atom. The molecule has 1 atom stereocenters. The van der Waals surface area contributed by atoms with E-state index in [4.69, 9.17) is 17.3 Å². The third-order valence-electron chi connectivity index (χ3n) is 5.07. The van der Waals surface area contributed by atoms with Crippen molar-refractivity contribution in [2.24, 2.45) is 0 Å². The molecule has 7 heteroatoms. The highest BCUT2D eigenvalue weighted by molar-refractivity contribution is 6.30. The molecule has 1 aliphatic rings. The summed E-state index contributed by atoms with van der Waals surface area (Å²) in [6.45, 7) is 0.677. The van der Waals surface area contributed by atoms with Gasteiger partial charge in [-0.2, -0.15) is 4.39 Å². The van der Waals surface area contributed by atoms with Gasteiger partial charge in [0.1, 0.15) is 5.82 Å². The number of pyridine rings is 1. The third kappa shape index (κ3) is 3.81. The number of fused-ring (bicyclic) bond motifs is 1. The maximum absolute atomic E-state index is 14.5. The lowest BCUT2D eigenvalue weighted by molar-refractivity contribution is 0.0925. The SMILES string of the molecule is CNCC1Cc2cc(-c3cc(-c4ccc(Cl)cc4)c(F)nc3N)ccc2C(=O)N1. The Labute approximate surface area is 173 Å². The molecule has 0 bridgehead atoms. The zero-order chi connectivity index (χ0) is 20.5. The van der Waals surface area contributed by atoms with E-state index in [9.17, 15) is 9.18 Å². The average molecular weight is 411 g/mol. The summed E-state index contributed by atoms with van der Waals surface area (Å²) >= 11 is 5.94. The summed E-state index contributed by atoms with van der Waals surface area (Å²) in [5.74, 6) is -0.627. The Morgan fingerprint density at radius 3 is 2.59 bits per heavy atom.